The van der Waals surface area contributed by atoms with Gasteiger partial charge in [-0.05, 0) is 25.1 Å². The smallest absolute Gasteiger partial charge is 0.491 e. The van der Waals surface area contributed by atoms with Crippen molar-refractivity contribution in [3.8, 4) is 22.6 Å². The lowest BCUT2D eigenvalue weighted by Crippen LogP contribution is -2.28. The summed E-state index contributed by atoms with van der Waals surface area (Å²) in [6.45, 7) is 1.34. The predicted octanol–water partition coefficient (Wildman–Crippen LogP) is 4.40. The van der Waals surface area contributed by atoms with Crippen LogP contribution in [0.3, 0.4) is 0 Å². The maximum absolute atomic E-state index is 14.5. The first-order valence-electron chi connectivity index (χ1n) is 6.90. The predicted molar refractivity (Wildman–Crippen MR) is 78.5 cm³/mol. The van der Waals surface area contributed by atoms with Gasteiger partial charge < -0.3 is 8.92 Å². The van der Waals surface area contributed by atoms with E-state index in [2.05, 4.69) is 4.18 Å². The van der Waals surface area contributed by atoms with Crippen molar-refractivity contribution < 1.29 is 43.7 Å². The summed E-state index contributed by atoms with van der Waals surface area (Å²) < 4.78 is 111. The van der Waals surface area contributed by atoms with Crippen LogP contribution in [-0.2, 0) is 10.1 Å². The molecule has 26 heavy (non-hydrogen) atoms. The van der Waals surface area contributed by atoms with Gasteiger partial charge in [-0.15, -0.1) is 0 Å². The van der Waals surface area contributed by atoms with Gasteiger partial charge in [-0.1, -0.05) is 12.1 Å². The van der Waals surface area contributed by atoms with Crippen molar-refractivity contribution in [1.29, 1.82) is 0 Å². The van der Waals surface area contributed by atoms with E-state index in [1.165, 1.54) is 6.92 Å². The molecule has 0 atom stereocenters. The first-order chi connectivity index (χ1) is 12.0. The van der Waals surface area contributed by atoms with Crippen LogP contribution < -0.4 is 8.92 Å². The van der Waals surface area contributed by atoms with Gasteiger partial charge in [0.05, 0.1) is 6.61 Å². The van der Waals surface area contributed by atoms with Gasteiger partial charge in [0.1, 0.15) is 0 Å². The zero-order valence-corrected chi connectivity index (χ0v) is 13.7. The third-order valence-corrected chi connectivity index (χ3v) is 4.03. The number of rotatable bonds is 5. The molecule has 0 saturated heterocycles. The molecule has 0 aliphatic carbocycles. The van der Waals surface area contributed by atoms with Gasteiger partial charge in [0.15, 0.2) is 23.1 Å². The monoisotopic (exact) mass is 400 g/mol. The molecule has 0 aliphatic rings. The van der Waals surface area contributed by atoms with Crippen molar-refractivity contribution >= 4 is 10.1 Å². The van der Waals surface area contributed by atoms with E-state index in [1.54, 1.807) is 0 Å². The zero-order chi connectivity index (χ0) is 19.7. The SMILES string of the molecule is CCOc1ccc(-c2cccc(F)c2F)c(OS(=O)(=O)C(F)(F)F)c1F. The average Bonchev–Trinajstić information content (AvgIpc) is 2.53. The van der Waals surface area contributed by atoms with Gasteiger partial charge in [0.2, 0.25) is 5.82 Å². The zero-order valence-electron chi connectivity index (χ0n) is 12.9. The fraction of sp³-hybridized carbons (Fsp3) is 0.200. The van der Waals surface area contributed by atoms with Crippen molar-refractivity contribution in [1.82, 2.24) is 0 Å². The van der Waals surface area contributed by atoms with Gasteiger partial charge in [0.25, 0.3) is 0 Å². The first kappa shape index (κ1) is 19.9. The van der Waals surface area contributed by atoms with E-state index < -0.39 is 55.7 Å². The van der Waals surface area contributed by atoms with E-state index >= 15 is 0 Å². The number of halogens is 6. The number of hydrogen-bond donors (Lipinski definition) is 0. The minimum absolute atomic E-state index is 0.101. The molecule has 0 N–H and O–H groups in total. The van der Waals surface area contributed by atoms with Crippen LogP contribution in [0.2, 0.25) is 0 Å². The lowest BCUT2D eigenvalue weighted by Gasteiger charge is -2.16. The fourth-order valence-corrected chi connectivity index (χ4v) is 2.44. The highest BCUT2D eigenvalue weighted by molar-refractivity contribution is 7.88. The lowest BCUT2D eigenvalue weighted by molar-refractivity contribution is -0.0500. The number of alkyl halides is 3. The van der Waals surface area contributed by atoms with E-state index in [4.69, 9.17) is 4.74 Å². The third-order valence-electron chi connectivity index (χ3n) is 3.08. The van der Waals surface area contributed by atoms with Crippen LogP contribution >= 0.6 is 0 Å². The Labute approximate surface area is 144 Å². The fourth-order valence-electron chi connectivity index (χ4n) is 1.97. The molecule has 11 heteroatoms. The van der Waals surface area contributed by atoms with Crippen LogP contribution in [0.4, 0.5) is 26.3 Å². The molecule has 0 aromatic heterocycles. The summed E-state index contributed by atoms with van der Waals surface area (Å²) in [4.78, 5) is 0. The minimum Gasteiger partial charge on any atom is -0.491 e. The van der Waals surface area contributed by atoms with Crippen LogP contribution in [0, 0.1) is 17.5 Å². The third kappa shape index (κ3) is 3.71. The quantitative estimate of drug-likeness (QED) is 0.424. The second-order valence-corrected chi connectivity index (χ2v) is 6.31. The summed E-state index contributed by atoms with van der Waals surface area (Å²) in [7, 11) is -6.27. The van der Waals surface area contributed by atoms with Crippen molar-refractivity contribution in [3.05, 3.63) is 47.8 Å². The van der Waals surface area contributed by atoms with Crippen LogP contribution in [0.1, 0.15) is 6.92 Å². The molecule has 2 aromatic rings. The Morgan fingerprint density at radius 2 is 1.62 bits per heavy atom. The maximum atomic E-state index is 14.5. The van der Waals surface area contributed by atoms with E-state index in [-0.39, 0.29) is 6.61 Å². The Kier molecular flexibility index (Phi) is 5.40. The van der Waals surface area contributed by atoms with Crippen LogP contribution in [0.15, 0.2) is 30.3 Å². The highest BCUT2D eigenvalue weighted by atomic mass is 32.2. The van der Waals surface area contributed by atoms with Gasteiger partial charge in [-0.2, -0.15) is 26.0 Å². The number of hydrogen-bond acceptors (Lipinski definition) is 4. The Hall–Kier alpha value is -2.43. The Balaban J connectivity index is 2.74. The van der Waals surface area contributed by atoms with E-state index in [9.17, 15) is 34.8 Å². The first-order valence-corrected chi connectivity index (χ1v) is 8.30. The molecule has 0 bridgehead atoms. The largest absolute Gasteiger partial charge is 0.534 e. The van der Waals surface area contributed by atoms with Gasteiger partial charge >= 0.3 is 15.6 Å². The number of benzene rings is 2. The Morgan fingerprint density at radius 1 is 0.962 bits per heavy atom. The summed E-state index contributed by atoms with van der Waals surface area (Å²) in [5, 5.41) is 0. The van der Waals surface area contributed by atoms with Crippen molar-refractivity contribution in [3.63, 3.8) is 0 Å². The molecule has 0 fully saturated rings. The van der Waals surface area contributed by atoms with Gasteiger partial charge in [-0.3, -0.25) is 0 Å². The molecule has 142 valence electrons. The highest BCUT2D eigenvalue weighted by Crippen LogP contribution is 2.41. The molecule has 2 aromatic carbocycles. The average molecular weight is 400 g/mol. The van der Waals surface area contributed by atoms with E-state index in [0.717, 1.165) is 30.3 Å². The second kappa shape index (κ2) is 7.06. The molecule has 0 heterocycles. The molecule has 0 saturated carbocycles. The van der Waals surface area contributed by atoms with Crippen molar-refractivity contribution in [2.45, 2.75) is 12.4 Å². The highest BCUT2D eigenvalue weighted by Gasteiger charge is 2.49. The Bertz CT molecular complexity index is 924. The van der Waals surface area contributed by atoms with Crippen molar-refractivity contribution in [2.75, 3.05) is 6.61 Å². The molecule has 2 rings (SSSR count). The molecule has 0 unspecified atom stereocenters. The topological polar surface area (TPSA) is 52.6 Å². The summed E-state index contributed by atoms with van der Waals surface area (Å²) in [6.07, 6.45) is 0. The van der Waals surface area contributed by atoms with E-state index in [0.29, 0.717) is 0 Å². The van der Waals surface area contributed by atoms with Crippen molar-refractivity contribution in [2.24, 2.45) is 0 Å². The summed E-state index contributed by atoms with van der Waals surface area (Å²) in [6, 6.07) is 4.42. The Morgan fingerprint density at radius 3 is 2.19 bits per heavy atom. The molecular formula is C15H10F6O4S. The molecule has 4 nitrogen and oxygen atoms in total. The number of ether oxygens (including phenoxy) is 1. The van der Waals surface area contributed by atoms with Crippen LogP contribution in [-0.4, -0.2) is 20.5 Å². The summed E-state index contributed by atoms with van der Waals surface area (Å²) >= 11 is 0. The van der Waals surface area contributed by atoms with Crippen LogP contribution in [0.25, 0.3) is 11.1 Å². The lowest BCUT2D eigenvalue weighted by atomic mass is 10.0. The molecule has 0 aliphatic heterocycles. The summed E-state index contributed by atoms with van der Waals surface area (Å²) in [5.74, 6) is -6.59. The maximum Gasteiger partial charge on any atom is 0.534 e. The standard InChI is InChI=1S/C15H10F6O4S/c1-2-24-11-7-6-9(8-4-3-5-10(16)12(8)17)14(13(11)18)25-26(22,23)15(19,20)21/h3-7H,2H2,1H3. The molecule has 0 spiro atoms. The van der Waals surface area contributed by atoms with E-state index in [1.807, 2.05) is 0 Å². The van der Waals surface area contributed by atoms with Gasteiger partial charge in [0, 0.05) is 11.1 Å². The van der Waals surface area contributed by atoms with Crippen LogP contribution in [0.5, 0.6) is 11.5 Å². The molecule has 0 amide bonds. The minimum atomic E-state index is -6.27. The molecule has 0 radical (unpaired) electrons. The van der Waals surface area contributed by atoms with Gasteiger partial charge in [-0.25, -0.2) is 8.78 Å². The normalized spacial score (nSPS) is 12.1. The summed E-state index contributed by atoms with van der Waals surface area (Å²) in [5.41, 5.74) is -7.30. The second-order valence-electron chi connectivity index (χ2n) is 4.77. The molecular weight excluding hydrogens is 390 g/mol.